The first-order valence-electron chi connectivity index (χ1n) is 13.3. The Labute approximate surface area is 228 Å². The minimum absolute atomic E-state index is 0.0984. The van der Waals surface area contributed by atoms with Gasteiger partial charge in [0.05, 0.1) is 6.54 Å². The van der Waals surface area contributed by atoms with Gasteiger partial charge < -0.3 is 19.8 Å². The number of tetrazole rings is 1. The molecule has 7 rings (SSSR count). The Morgan fingerprint density at radius 2 is 1.70 bits per heavy atom. The molecule has 2 heterocycles. The highest BCUT2D eigenvalue weighted by molar-refractivity contribution is 5.44. The van der Waals surface area contributed by atoms with Crippen molar-refractivity contribution < 1.29 is 32.5 Å². The van der Waals surface area contributed by atoms with E-state index in [1.165, 1.54) is 0 Å². The fourth-order valence-electron chi connectivity index (χ4n) is 6.83. The summed E-state index contributed by atoms with van der Waals surface area (Å²) in [5.74, 6) is -5.40. The summed E-state index contributed by atoms with van der Waals surface area (Å²) in [6.45, 7) is 0.970. The van der Waals surface area contributed by atoms with Crippen molar-refractivity contribution in [1.82, 2.24) is 25.1 Å². The number of benzene rings is 2. The molecule has 4 aliphatic rings. The van der Waals surface area contributed by atoms with Gasteiger partial charge in [-0.25, -0.2) is 22.2 Å². The number of likely N-dealkylation sites (tertiary alicyclic amines) is 1. The number of rotatable bonds is 9. The van der Waals surface area contributed by atoms with Crippen molar-refractivity contribution in [2.24, 2.45) is 5.41 Å². The van der Waals surface area contributed by atoms with Gasteiger partial charge in [0.15, 0.2) is 5.60 Å². The molecule has 3 aliphatic carbocycles. The van der Waals surface area contributed by atoms with Gasteiger partial charge in [-0.05, 0) is 84.8 Å². The fraction of sp³-hybridized carbons (Fsp3) is 0.536. The molecule has 214 valence electrons. The van der Waals surface area contributed by atoms with E-state index in [9.17, 15) is 19.0 Å². The van der Waals surface area contributed by atoms with E-state index in [1.807, 2.05) is 19.2 Å². The summed E-state index contributed by atoms with van der Waals surface area (Å²) >= 11 is 0. The second-order valence-electron chi connectivity index (χ2n) is 12.0. The number of aromatic nitrogens is 4. The van der Waals surface area contributed by atoms with Crippen molar-refractivity contribution in [2.45, 2.75) is 61.2 Å². The number of nitrogens with zero attached hydrogens (tertiary/aromatic N) is 5. The largest absolute Gasteiger partial charge is 0.491 e. The first kappa shape index (κ1) is 27.1. The Balaban J connectivity index is 1.18. The van der Waals surface area contributed by atoms with Crippen molar-refractivity contribution in [3.8, 4) is 5.75 Å². The van der Waals surface area contributed by atoms with E-state index in [1.54, 1.807) is 12.1 Å². The lowest BCUT2D eigenvalue weighted by atomic mass is 9.30. The van der Waals surface area contributed by atoms with Crippen LogP contribution in [0.3, 0.4) is 0 Å². The summed E-state index contributed by atoms with van der Waals surface area (Å²) < 4.78 is 67.9. The number of ether oxygens (including phenoxy) is 1. The molecule has 0 amide bonds. The molecule has 1 atom stereocenters. The van der Waals surface area contributed by atoms with Crippen LogP contribution in [0, 0.1) is 17.0 Å². The monoisotopic (exact) mass is 561 g/mol. The van der Waals surface area contributed by atoms with Gasteiger partial charge in [0.25, 0.3) is 5.92 Å². The molecule has 40 heavy (non-hydrogen) atoms. The summed E-state index contributed by atoms with van der Waals surface area (Å²) in [6.07, 6.45) is 2.61. The second kappa shape index (κ2) is 9.22. The van der Waals surface area contributed by atoms with Gasteiger partial charge in [0.1, 0.15) is 35.9 Å². The first-order valence-corrected chi connectivity index (χ1v) is 13.3. The minimum Gasteiger partial charge on any atom is -0.491 e. The quantitative estimate of drug-likeness (QED) is 0.387. The lowest BCUT2D eigenvalue weighted by Crippen LogP contribution is -2.76. The maximum Gasteiger partial charge on any atom is 0.287 e. The van der Waals surface area contributed by atoms with Gasteiger partial charge in [-0.2, -0.15) is 0 Å². The predicted molar refractivity (Wildman–Crippen MR) is 135 cm³/mol. The SMILES string of the molecule is CN1CCC(O)(COc2ccc(C34CC(C(F)(F)C(O)(Cn5cnnn5)c5ccc(F)cc5F)(C3)C4)cc2)CC1. The van der Waals surface area contributed by atoms with Gasteiger partial charge >= 0.3 is 0 Å². The molecule has 4 fully saturated rings. The maximum atomic E-state index is 16.3. The van der Waals surface area contributed by atoms with Crippen LogP contribution in [0.25, 0.3) is 0 Å². The van der Waals surface area contributed by atoms with Crippen LogP contribution in [-0.4, -0.2) is 73.6 Å². The third-order valence-electron chi connectivity index (χ3n) is 9.27. The summed E-state index contributed by atoms with van der Waals surface area (Å²) in [7, 11) is 2.01. The third-order valence-corrected chi connectivity index (χ3v) is 9.27. The van der Waals surface area contributed by atoms with E-state index in [0.29, 0.717) is 24.7 Å². The lowest BCUT2D eigenvalue weighted by molar-refractivity contribution is -0.347. The van der Waals surface area contributed by atoms with Crippen LogP contribution in [0.15, 0.2) is 48.8 Å². The molecule has 1 aromatic heterocycles. The summed E-state index contributed by atoms with van der Waals surface area (Å²) in [4.78, 5) is 2.16. The Morgan fingerprint density at radius 3 is 2.30 bits per heavy atom. The summed E-state index contributed by atoms with van der Waals surface area (Å²) in [6, 6.07) is 9.43. The van der Waals surface area contributed by atoms with Crippen LogP contribution < -0.4 is 4.74 Å². The molecular formula is C28H31F4N5O3. The molecule has 2 N–H and O–H groups in total. The number of halogens is 4. The van der Waals surface area contributed by atoms with Crippen LogP contribution in [0.2, 0.25) is 0 Å². The Morgan fingerprint density at radius 1 is 1.02 bits per heavy atom. The molecule has 1 unspecified atom stereocenters. The molecule has 2 bridgehead atoms. The predicted octanol–water partition coefficient (Wildman–Crippen LogP) is 3.43. The molecule has 2 aromatic carbocycles. The van der Waals surface area contributed by atoms with Crippen LogP contribution >= 0.6 is 0 Å². The van der Waals surface area contributed by atoms with Crippen molar-refractivity contribution >= 4 is 0 Å². The molecule has 1 aliphatic heterocycles. The standard InChI is InChI=1S/C28H31F4N5O3/c1-36-10-8-26(38,9-11-36)17-40-21-5-2-19(3-6-21)24-13-25(14-24,15-24)28(31,32)27(39,16-37-18-33-34-35-37)22-7-4-20(29)12-23(22)30/h2-7,12,18,38-39H,8-11,13-17H2,1H3. The van der Waals surface area contributed by atoms with E-state index in [-0.39, 0.29) is 25.9 Å². The smallest absolute Gasteiger partial charge is 0.287 e. The number of aliphatic hydroxyl groups is 2. The third kappa shape index (κ3) is 4.19. The zero-order chi connectivity index (χ0) is 28.4. The van der Waals surface area contributed by atoms with Gasteiger partial charge in [-0.1, -0.05) is 12.1 Å². The normalized spacial score (nSPS) is 27.4. The lowest BCUT2D eigenvalue weighted by Gasteiger charge is -2.74. The fourth-order valence-corrected chi connectivity index (χ4v) is 6.83. The molecule has 3 aromatic rings. The zero-order valence-corrected chi connectivity index (χ0v) is 22.0. The number of alkyl halides is 2. The summed E-state index contributed by atoms with van der Waals surface area (Å²) in [5, 5.41) is 32.7. The average molecular weight is 562 g/mol. The number of piperidine rings is 1. The van der Waals surface area contributed by atoms with Gasteiger partial charge in [-0.3, -0.25) is 0 Å². The zero-order valence-electron chi connectivity index (χ0n) is 22.0. The highest BCUT2D eigenvalue weighted by atomic mass is 19.3. The molecule has 0 radical (unpaired) electrons. The molecule has 12 heteroatoms. The van der Waals surface area contributed by atoms with Gasteiger partial charge in [-0.15, -0.1) is 5.10 Å². The number of hydrogen-bond donors (Lipinski definition) is 2. The van der Waals surface area contributed by atoms with E-state index in [2.05, 4.69) is 20.4 Å². The molecule has 3 saturated carbocycles. The molecule has 8 nitrogen and oxygen atoms in total. The first-order chi connectivity index (χ1) is 18.9. The maximum absolute atomic E-state index is 16.3. The molecular weight excluding hydrogens is 530 g/mol. The van der Waals surface area contributed by atoms with E-state index >= 15 is 8.78 Å². The van der Waals surface area contributed by atoms with Crippen molar-refractivity contribution in [3.05, 3.63) is 71.6 Å². The van der Waals surface area contributed by atoms with E-state index in [4.69, 9.17) is 4.74 Å². The van der Waals surface area contributed by atoms with Crippen molar-refractivity contribution in [1.29, 1.82) is 0 Å². The van der Waals surface area contributed by atoms with Crippen molar-refractivity contribution in [2.75, 3.05) is 26.7 Å². The van der Waals surface area contributed by atoms with Crippen LogP contribution in [0.5, 0.6) is 5.75 Å². The second-order valence-corrected chi connectivity index (χ2v) is 12.0. The highest BCUT2D eigenvalue weighted by Crippen LogP contribution is 2.80. The van der Waals surface area contributed by atoms with Crippen molar-refractivity contribution in [3.63, 3.8) is 0 Å². The Bertz CT molecular complexity index is 1360. The van der Waals surface area contributed by atoms with Crippen LogP contribution in [0.1, 0.15) is 43.2 Å². The topological polar surface area (TPSA) is 96.5 Å². The summed E-state index contributed by atoms with van der Waals surface area (Å²) in [5.41, 5.74) is -5.76. The highest BCUT2D eigenvalue weighted by Gasteiger charge is 2.82. The molecule has 1 saturated heterocycles. The van der Waals surface area contributed by atoms with E-state index < -0.39 is 51.7 Å². The van der Waals surface area contributed by atoms with Gasteiger partial charge in [0.2, 0.25) is 0 Å². The molecule has 0 spiro atoms. The van der Waals surface area contributed by atoms with Crippen LogP contribution in [-0.2, 0) is 17.6 Å². The average Bonchev–Trinajstić information content (AvgIpc) is 3.36. The van der Waals surface area contributed by atoms with E-state index in [0.717, 1.165) is 41.8 Å². The number of hydrogen-bond acceptors (Lipinski definition) is 7. The van der Waals surface area contributed by atoms with Crippen LogP contribution in [0.4, 0.5) is 17.6 Å². The minimum atomic E-state index is -3.78. The van der Waals surface area contributed by atoms with Gasteiger partial charge in [0, 0.05) is 30.1 Å². The Hall–Kier alpha value is -3.09. The Kier molecular flexibility index (Phi) is 6.24.